The lowest BCUT2D eigenvalue weighted by Gasteiger charge is -2.25. The highest BCUT2D eigenvalue weighted by atomic mass is 14.8. The molecule has 0 unspecified atom stereocenters. The summed E-state index contributed by atoms with van der Waals surface area (Å²) in [5, 5.41) is 3.55. The molecule has 0 aliphatic heterocycles. The summed E-state index contributed by atoms with van der Waals surface area (Å²) in [6, 6.07) is 0. The zero-order chi connectivity index (χ0) is 12.7. The van der Waals surface area contributed by atoms with Gasteiger partial charge >= 0.3 is 0 Å². The first-order chi connectivity index (χ1) is 8.13. The molecule has 1 aliphatic rings. The predicted molar refractivity (Wildman–Crippen MR) is 77.2 cm³/mol. The molecule has 1 fully saturated rings. The molecule has 0 atom stereocenters. The van der Waals surface area contributed by atoms with Crippen LogP contribution in [0.3, 0.4) is 0 Å². The summed E-state index contributed by atoms with van der Waals surface area (Å²) < 4.78 is 0. The smallest absolute Gasteiger partial charge is 0.0167 e. The second-order valence-electron chi connectivity index (χ2n) is 6.09. The minimum atomic E-state index is 0.693. The third-order valence-corrected chi connectivity index (χ3v) is 4.01. The first-order valence-corrected chi connectivity index (χ1v) is 7.54. The number of hydrogen-bond acceptors (Lipinski definition) is 1. The average Bonchev–Trinajstić information content (AvgIpc) is 2.30. The van der Waals surface area contributed by atoms with E-state index >= 15 is 0 Å². The molecule has 0 aromatic heterocycles. The minimum Gasteiger partial charge on any atom is -0.313 e. The Morgan fingerprint density at radius 3 is 2.41 bits per heavy atom. The molecule has 1 nitrogen and oxygen atoms in total. The lowest BCUT2D eigenvalue weighted by Crippen LogP contribution is -2.21. The molecule has 17 heavy (non-hydrogen) atoms. The molecule has 0 spiro atoms. The van der Waals surface area contributed by atoms with Crippen LogP contribution in [0.1, 0.15) is 59.8 Å². The molecule has 0 bridgehead atoms. The van der Waals surface area contributed by atoms with Gasteiger partial charge in [0.2, 0.25) is 0 Å². The zero-order valence-electron chi connectivity index (χ0n) is 12.3. The second-order valence-corrected chi connectivity index (χ2v) is 6.09. The Labute approximate surface area is 108 Å². The van der Waals surface area contributed by atoms with Gasteiger partial charge in [-0.05, 0) is 43.6 Å². The monoisotopic (exact) mass is 237 g/mol. The van der Waals surface area contributed by atoms with Gasteiger partial charge in [-0.15, -0.1) is 0 Å². The molecule has 100 valence electrons. The van der Waals surface area contributed by atoms with Crippen molar-refractivity contribution in [3.63, 3.8) is 0 Å². The van der Waals surface area contributed by atoms with E-state index in [1.807, 2.05) is 0 Å². The Morgan fingerprint density at radius 2 is 1.88 bits per heavy atom. The average molecular weight is 237 g/mol. The van der Waals surface area contributed by atoms with Crippen LogP contribution in [-0.4, -0.2) is 13.1 Å². The molecule has 1 N–H and O–H groups in total. The van der Waals surface area contributed by atoms with Crippen molar-refractivity contribution >= 4 is 0 Å². The second kappa shape index (κ2) is 7.92. The molecule has 0 heterocycles. The summed E-state index contributed by atoms with van der Waals surface area (Å²) in [6.07, 6.45) is 9.48. The van der Waals surface area contributed by atoms with Crippen LogP contribution in [0.25, 0.3) is 0 Å². The summed E-state index contributed by atoms with van der Waals surface area (Å²) in [6.45, 7) is 11.5. The van der Waals surface area contributed by atoms with Crippen LogP contribution in [0, 0.1) is 17.8 Å². The van der Waals surface area contributed by atoms with Crippen LogP contribution < -0.4 is 5.32 Å². The molecule has 0 aromatic rings. The van der Waals surface area contributed by atoms with Crippen LogP contribution in [0.15, 0.2) is 11.6 Å². The van der Waals surface area contributed by atoms with E-state index in [-0.39, 0.29) is 0 Å². The van der Waals surface area contributed by atoms with Crippen molar-refractivity contribution in [3.8, 4) is 0 Å². The quantitative estimate of drug-likeness (QED) is 0.533. The van der Waals surface area contributed by atoms with E-state index in [0.29, 0.717) is 5.92 Å². The Kier molecular flexibility index (Phi) is 6.87. The Hall–Kier alpha value is -0.300. The van der Waals surface area contributed by atoms with E-state index < -0.39 is 0 Å². The molecular formula is C16H31N. The number of rotatable bonds is 6. The number of hydrogen-bond donors (Lipinski definition) is 1. The van der Waals surface area contributed by atoms with Crippen molar-refractivity contribution in [1.29, 1.82) is 0 Å². The molecule has 1 saturated carbocycles. The summed E-state index contributed by atoms with van der Waals surface area (Å²) in [5.74, 6) is 2.51. The first-order valence-electron chi connectivity index (χ1n) is 7.54. The summed E-state index contributed by atoms with van der Waals surface area (Å²) in [5.41, 5.74) is 1.62. The van der Waals surface area contributed by atoms with Gasteiger partial charge in [0.1, 0.15) is 0 Å². The van der Waals surface area contributed by atoms with E-state index in [9.17, 15) is 0 Å². The highest BCUT2D eigenvalue weighted by Crippen LogP contribution is 2.30. The Bertz CT molecular complexity index is 222. The molecule has 0 aromatic carbocycles. The standard InChI is InChI=1S/C16H31N/c1-5-10-17-12-16(13(2)3)11-15-8-6-14(4)7-9-15/h11,13-15,17H,5-10,12H2,1-4H3. The molecule has 0 radical (unpaired) electrons. The lowest BCUT2D eigenvalue weighted by molar-refractivity contribution is 0.328. The van der Waals surface area contributed by atoms with E-state index in [2.05, 4.69) is 39.1 Å². The van der Waals surface area contributed by atoms with Gasteiger partial charge in [-0.1, -0.05) is 52.2 Å². The van der Waals surface area contributed by atoms with Gasteiger partial charge in [-0.2, -0.15) is 0 Å². The molecule has 1 aliphatic carbocycles. The third-order valence-electron chi connectivity index (χ3n) is 4.01. The Balaban J connectivity index is 2.45. The van der Waals surface area contributed by atoms with Crippen molar-refractivity contribution in [2.75, 3.05) is 13.1 Å². The molecule has 1 heteroatoms. The SMILES string of the molecule is CCCNCC(=CC1CCC(C)CC1)C(C)C. The van der Waals surface area contributed by atoms with Gasteiger partial charge in [0.05, 0.1) is 0 Å². The van der Waals surface area contributed by atoms with Gasteiger partial charge < -0.3 is 5.32 Å². The van der Waals surface area contributed by atoms with Gasteiger partial charge in [-0.25, -0.2) is 0 Å². The highest BCUT2D eigenvalue weighted by molar-refractivity contribution is 5.09. The van der Waals surface area contributed by atoms with Crippen LogP contribution in [0.4, 0.5) is 0 Å². The summed E-state index contributed by atoms with van der Waals surface area (Å²) in [4.78, 5) is 0. The largest absolute Gasteiger partial charge is 0.313 e. The van der Waals surface area contributed by atoms with E-state index in [1.165, 1.54) is 32.1 Å². The summed E-state index contributed by atoms with van der Waals surface area (Å²) >= 11 is 0. The maximum Gasteiger partial charge on any atom is 0.0167 e. The van der Waals surface area contributed by atoms with E-state index in [1.54, 1.807) is 5.57 Å². The maximum absolute atomic E-state index is 3.55. The van der Waals surface area contributed by atoms with Crippen molar-refractivity contribution < 1.29 is 0 Å². The van der Waals surface area contributed by atoms with Crippen molar-refractivity contribution in [3.05, 3.63) is 11.6 Å². The number of allylic oxidation sites excluding steroid dienone is 1. The fourth-order valence-corrected chi connectivity index (χ4v) is 2.62. The lowest BCUT2D eigenvalue weighted by atomic mass is 9.81. The molecule has 0 amide bonds. The van der Waals surface area contributed by atoms with Gasteiger partial charge in [0, 0.05) is 6.54 Å². The van der Waals surface area contributed by atoms with Crippen LogP contribution in [0.5, 0.6) is 0 Å². The fraction of sp³-hybridized carbons (Fsp3) is 0.875. The van der Waals surface area contributed by atoms with Crippen molar-refractivity contribution in [1.82, 2.24) is 5.32 Å². The van der Waals surface area contributed by atoms with Gasteiger partial charge in [0.25, 0.3) is 0 Å². The molecule has 0 saturated heterocycles. The van der Waals surface area contributed by atoms with Crippen molar-refractivity contribution in [2.24, 2.45) is 17.8 Å². The number of nitrogens with one attached hydrogen (secondary N) is 1. The van der Waals surface area contributed by atoms with Crippen LogP contribution in [0.2, 0.25) is 0 Å². The molecule has 1 rings (SSSR count). The van der Waals surface area contributed by atoms with Crippen LogP contribution >= 0.6 is 0 Å². The van der Waals surface area contributed by atoms with E-state index in [4.69, 9.17) is 0 Å². The van der Waals surface area contributed by atoms with Crippen molar-refractivity contribution in [2.45, 2.75) is 59.8 Å². The normalized spacial score (nSPS) is 26.5. The topological polar surface area (TPSA) is 12.0 Å². The van der Waals surface area contributed by atoms with Crippen LogP contribution in [-0.2, 0) is 0 Å². The Morgan fingerprint density at radius 1 is 1.24 bits per heavy atom. The van der Waals surface area contributed by atoms with E-state index in [0.717, 1.165) is 24.9 Å². The maximum atomic E-state index is 3.55. The van der Waals surface area contributed by atoms with Gasteiger partial charge in [0.15, 0.2) is 0 Å². The fourth-order valence-electron chi connectivity index (χ4n) is 2.62. The third kappa shape index (κ3) is 5.72. The minimum absolute atomic E-state index is 0.693. The summed E-state index contributed by atoms with van der Waals surface area (Å²) in [7, 11) is 0. The predicted octanol–water partition coefficient (Wildman–Crippen LogP) is 4.39. The zero-order valence-corrected chi connectivity index (χ0v) is 12.3. The highest BCUT2D eigenvalue weighted by Gasteiger charge is 2.17. The molecular weight excluding hydrogens is 206 g/mol. The first kappa shape index (κ1) is 14.8. The van der Waals surface area contributed by atoms with Gasteiger partial charge in [-0.3, -0.25) is 0 Å².